The molecule has 1 heterocycles. The van der Waals surface area contributed by atoms with E-state index in [4.69, 9.17) is 0 Å². The normalized spacial score (nSPS) is 22.3. The van der Waals surface area contributed by atoms with Gasteiger partial charge in [0.05, 0.1) is 0 Å². The number of likely N-dealkylation sites (tertiary alicyclic amines) is 1. The Kier molecular flexibility index (Phi) is 8.63. The van der Waals surface area contributed by atoms with E-state index in [9.17, 15) is 9.59 Å². The number of unbranched alkanes of at least 4 members (excludes halogenated alkanes) is 9. The maximum atomic E-state index is 11.9. The molecule has 0 radical (unpaired) electrons. The van der Waals surface area contributed by atoms with Crippen LogP contribution in [0.2, 0.25) is 0 Å². The van der Waals surface area contributed by atoms with Crippen molar-refractivity contribution < 1.29 is 9.59 Å². The molecule has 1 fully saturated rings. The molecular formula is C18H33NO2. The lowest BCUT2D eigenvalue weighted by Crippen LogP contribution is -2.31. The molecule has 21 heavy (non-hydrogen) atoms. The molecule has 1 aliphatic heterocycles. The zero-order valence-corrected chi connectivity index (χ0v) is 14.2. The lowest BCUT2D eigenvalue weighted by molar-refractivity contribution is -0.139. The second-order valence-corrected chi connectivity index (χ2v) is 6.59. The molecule has 0 aromatic heterocycles. The van der Waals surface area contributed by atoms with E-state index in [1.54, 1.807) is 0 Å². The monoisotopic (exact) mass is 295 g/mol. The second kappa shape index (κ2) is 9.97. The SMILES string of the molecule is CCCCCCCCCCCCN1C(=O)C(C)C(C)C1=O. The smallest absolute Gasteiger partial charge is 0.232 e. The lowest BCUT2D eigenvalue weighted by atomic mass is 10.00. The quantitative estimate of drug-likeness (QED) is 0.414. The van der Waals surface area contributed by atoms with Crippen molar-refractivity contribution in [1.29, 1.82) is 0 Å². The first-order chi connectivity index (χ1) is 10.1. The molecule has 0 saturated carbocycles. The molecule has 0 bridgehead atoms. The first kappa shape index (κ1) is 18.2. The Hall–Kier alpha value is -0.860. The minimum atomic E-state index is -0.124. The summed E-state index contributed by atoms with van der Waals surface area (Å²) in [4.78, 5) is 25.3. The summed E-state index contributed by atoms with van der Waals surface area (Å²) in [5, 5.41) is 0. The molecule has 0 N–H and O–H groups in total. The molecule has 1 rings (SSSR count). The van der Waals surface area contributed by atoms with E-state index in [2.05, 4.69) is 6.92 Å². The highest BCUT2D eigenvalue weighted by Crippen LogP contribution is 2.25. The molecule has 2 atom stereocenters. The van der Waals surface area contributed by atoms with Gasteiger partial charge >= 0.3 is 0 Å². The van der Waals surface area contributed by atoms with Gasteiger partial charge in [0, 0.05) is 18.4 Å². The van der Waals surface area contributed by atoms with E-state index >= 15 is 0 Å². The van der Waals surface area contributed by atoms with Crippen molar-refractivity contribution in [3.63, 3.8) is 0 Å². The summed E-state index contributed by atoms with van der Waals surface area (Å²) >= 11 is 0. The van der Waals surface area contributed by atoms with Gasteiger partial charge < -0.3 is 0 Å². The summed E-state index contributed by atoms with van der Waals surface area (Å²) in [5.74, 6) is -0.187. The van der Waals surface area contributed by atoms with Crippen LogP contribution in [0.4, 0.5) is 0 Å². The van der Waals surface area contributed by atoms with Gasteiger partial charge in [0.1, 0.15) is 0 Å². The zero-order valence-electron chi connectivity index (χ0n) is 14.2. The zero-order chi connectivity index (χ0) is 15.7. The fourth-order valence-corrected chi connectivity index (χ4v) is 3.01. The molecule has 2 amide bonds. The van der Waals surface area contributed by atoms with Crippen LogP contribution < -0.4 is 0 Å². The van der Waals surface area contributed by atoms with Gasteiger partial charge in [-0.2, -0.15) is 0 Å². The molecule has 0 aromatic rings. The maximum Gasteiger partial charge on any atom is 0.232 e. The van der Waals surface area contributed by atoms with Crippen LogP contribution in [-0.4, -0.2) is 23.3 Å². The van der Waals surface area contributed by atoms with Crippen LogP contribution in [0.15, 0.2) is 0 Å². The average molecular weight is 295 g/mol. The molecule has 3 heteroatoms. The van der Waals surface area contributed by atoms with Crippen LogP contribution in [0.25, 0.3) is 0 Å². The Morgan fingerprint density at radius 1 is 0.714 bits per heavy atom. The van der Waals surface area contributed by atoms with Gasteiger partial charge in [0.2, 0.25) is 11.8 Å². The number of carbonyl (C=O) groups excluding carboxylic acids is 2. The highest BCUT2D eigenvalue weighted by atomic mass is 16.2. The molecule has 0 aromatic carbocycles. The number of hydrogen-bond donors (Lipinski definition) is 0. The third-order valence-corrected chi connectivity index (χ3v) is 4.80. The van der Waals surface area contributed by atoms with Crippen molar-refractivity contribution in [1.82, 2.24) is 4.90 Å². The number of imide groups is 1. The highest BCUT2D eigenvalue weighted by molar-refractivity contribution is 6.04. The van der Waals surface area contributed by atoms with Crippen LogP contribution in [-0.2, 0) is 9.59 Å². The number of rotatable bonds is 11. The highest BCUT2D eigenvalue weighted by Gasteiger charge is 2.41. The van der Waals surface area contributed by atoms with Crippen LogP contribution in [0.5, 0.6) is 0 Å². The lowest BCUT2D eigenvalue weighted by Gasteiger charge is -2.14. The number of carbonyl (C=O) groups is 2. The number of nitrogens with zero attached hydrogens (tertiary/aromatic N) is 1. The van der Waals surface area contributed by atoms with E-state index < -0.39 is 0 Å². The Labute approximate surface area is 130 Å². The van der Waals surface area contributed by atoms with Crippen molar-refractivity contribution in [3.05, 3.63) is 0 Å². The summed E-state index contributed by atoms with van der Waals surface area (Å²) in [6.07, 6.45) is 12.8. The first-order valence-electron chi connectivity index (χ1n) is 8.94. The van der Waals surface area contributed by atoms with E-state index in [0.717, 1.165) is 12.8 Å². The van der Waals surface area contributed by atoms with Gasteiger partial charge in [-0.1, -0.05) is 78.6 Å². The standard InChI is InChI=1S/C18H33NO2/c1-4-5-6-7-8-9-10-11-12-13-14-19-17(20)15(2)16(3)18(19)21/h15-16H,4-14H2,1-3H3. The fourth-order valence-electron chi connectivity index (χ4n) is 3.01. The molecular weight excluding hydrogens is 262 g/mol. The topological polar surface area (TPSA) is 37.4 Å². The fraction of sp³-hybridized carbons (Fsp3) is 0.889. The van der Waals surface area contributed by atoms with Gasteiger partial charge in [-0.25, -0.2) is 0 Å². The predicted octanol–water partition coefficient (Wildman–Crippen LogP) is 4.55. The Morgan fingerprint density at radius 2 is 1.10 bits per heavy atom. The summed E-state index contributed by atoms with van der Waals surface area (Å²) in [6, 6.07) is 0. The second-order valence-electron chi connectivity index (χ2n) is 6.59. The Balaban J connectivity index is 2.00. The third-order valence-electron chi connectivity index (χ3n) is 4.80. The average Bonchev–Trinajstić information content (AvgIpc) is 2.66. The largest absolute Gasteiger partial charge is 0.282 e. The van der Waals surface area contributed by atoms with E-state index in [1.165, 1.54) is 56.3 Å². The van der Waals surface area contributed by atoms with E-state index in [0.29, 0.717) is 6.54 Å². The van der Waals surface area contributed by atoms with E-state index in [-0.39, 0.29) is 23.7 Å². The van der Waals surface area contributed by atoms with Crippen molar-refractivity contribution in [2.24, 2.45) is 11.8 Å². The summed E-state index contributed by atoms with van der Waals surface area (Å²) in [5.41, 5.74) is 0. The van der Waals surface area contributed by atoms with Crippen molar-refractivity contribution in [2.75, 3.05) is 6.54 Å². The van der Waals surface area contributed by atoms with Crippen molar-refractivity contribution >= 4 is 11.8 Å². The minimum absolute atomic E-state index is 0.0309. The molecule has 1 aliphatic rings. The van der Waals surface area contributed by atoms with Crippen LogP contribution in [0, 0.1) is 11.8 Å². The van der Waals surface area contributed by atoms with Gasteiger partial charge in [-0.3, -0.25) is 14.5 Å². The van der Waals surface area contributed by atoms with E-state index in [1.807, 2.05) is 13.8 Å². The molecule has 1 saturated heterocycles. The molecule has 3 nitrogen and oxygen atoms in total. The number of hydrogen-bond acceptors (Lipinski definition) is 2. The van der Waals surface area contributed by atoms with Gasteiger partial charge in [0.25, 0.3) is 0 Å². The Bertz CT molecular complexity index is 307. The van der Waals surface area contributed by atoms with Gasteiger partial charge in [-0.15, -0.1) is 0 Å². The van der Waals surface area contributed by atoms with Crippen molar-refractivity contribution in [2.45, 2.75) is 85.0 Å². The summed E-state index contributed by atoms with van der Waals surface area (Å²) < 4.78 is 0. The van der Waals surface area contributed by atoms with Crippen molar-refractivity contribution in [3.8, 4) is 0 Å². The number of amides is 2. The molecule has 0 aliphatic carbocycles. The molecule has 0 spiro atoms. The third kappa shape index (κ3) is 5.80. The first-order valence-corrected chi connectivity index (χ1v) is 8.94. The summed E-state index contributed by atoms with van der Waals surface area (Å²) in [7, 11) is 0. The van der Waals surface area contributed by atoms with Crippen LogP contribution >= 0.6 is 0 Å². The minimum Gasteiger partial charge on any atom is -0.282 e. The molecule has 122 valence electrons. The summed E-state index contributed by atoms with van der Waals surface area (Å²) in [6.45, 7) is 6.60. The van der Waals surface area contributed by atoms with Gasteiger partial charge in [-0.05, 0) is 6.42 Å². The van der Waals surface area contributed by atoms with Crippen LogP contribution in [0.1, 0.15) is 85.0 Å². The maximum absolute atomic E-state index is 11.9. The van der Waals surface area contributed by atoms with Gasteiger partial charge in [0.15, 0.2) is 0 Å². The van der Waals surface area contributed by atoms with Crippen LogP contribution in [0.3, 0.4) is 0 Å². The molecule has 2 unspecified atom stereocenters. The Morgan fingerprint density at radius 3 is 1.52 bits per heavy atom. The predicted molar refractivity (Wildman–Crippen MR) is 86.9 cm³/mol.